The van der Waals surface area contributed by atoms with E-state index >= 15 is 0 Å². The molecule has 0 saturated carbocycles. The molecule has 20 heavy (non-hydrogen) atoms. The third-order valence-electron chi connectivity index (χ3n) is 2.68. The van der Waals surface area contributed by atoms with Crippen molar-refractivity contribution in [2.45, 2.75) is 13.8 Å². The lowest BCUT2D eigenvalue weighted by molar-refractivity contribution is 0.495. The zero-order valence-corrected chi connectivity index (χ0v) is 13.9. The van der Waals surface area contributed by atoms with Gasteiger partial charge in [0.05, 0.1) is 5.02 Å². The Morgan fingerprint density at radius 2 is 1.55 bits per heavy atom. The highest BCUT2D eigenvalue weighted by Crippen LogP contribution is 2.41. The molecule has 2 aromatic carbocycles. The summed E-state index contributed by atoms with van der Waals surface area (Å²) in [6, 6.07) is 11.2. The van der Waals surface area contributed by atoms with E-state index in [1.54, 1.807) is 6.07 Å². The third-order valence-corrected chi connectivity index (χ3v) is 4.12. The predicted molar refractivity (Wildman–Crippen MR) is 86.5 cm³/mol. The molecule has 2 rings (SSSR count). The normalized spacial score (nSPS) is 12.1. The van der Waals surface area contributed by atoms with Crippen molar-refractivity contribution in [3.05, 3.63) is 57.6 Å². The molecule has 0 amide bonds. The van der Waals surface area contributed by atoms with Crippen LogP contribution in [-0.2, 0) is 0 Å². The van der Waals surface area contributed by atoms with Crippen LogP contribution in [0.4, 0.5) is 0 Å². The molecule has 0 spiro atoms. The molecular weight excluding hydrogens is 314 g/mol. The summed E-state index contributed by atoms with van der Waals surface area (Å²) < 4.78 is 11.6. The number of benzene rings is 2. The van der Waals surface area contributed by atoms with E-state index in [1.165, 1.54) is 0 Å². The molecule has 5 heteroatoms. The van der Waals surface area contributed by atoms with Crippen LogP contribution in [0.3, 0.4) is 0 Å². The molecule has 0 heterocycles. The smallest absolute Gasteiger partial charge is 0.287 e. The first-order chi connectivity index (χ1) is 9.45. The lowest BCUT2D eigenvalue weighted by atomic mass is 10.2. The maximum atomic E-state index is 6.14. The largest absolute Gasteiger partial charge is 0.438 e. The van der Waals surface area contributed by atoms with Crippen LogP contribution >= 0.6 is 31.6 Å². The summed E-state index contributed by atoms with van der Waals surface area (Å²) in [6.45, 7) is 5.82. The molecule has 0 saturated heterocycles. The Morgan fingerprint density at radius 3 is 2.20 bits per heavy atom. The zero-order valence-electron chi connectivity index (χ0n) is 11.5. The minimum absolute atomic E-state index is 0.593. The van der Waals surface area contributed by atoms with Crippen molar-refractivity contribution in [1.29, 1.82) is 0 Å². The first-order valence-electron chi connectivity index (χ1n) is 6.07. The highest BCUT2D eigenvalue weighted by Gasteiger charge is 2.12. The number of hydrogen-bond acceptors (Lipinski definition) is 2. The molecule has 0 fully saturated rings. The van der Waals surface area contributed by atoms with Gasteiger partial charge in [-0.25, -0.2) is 0 Å². The highest BCUT2D eigenvalue weighted by molar-refractivity contribution is 7.47. The van der Waals surface area contributed by atoms with Crippen molar-refractivity contribution in [3.8, 4) is 11.5 Å². The molecule has 106 valence electrons. The molecule has 2 nitrogen and oxygen atoms in total. The Labute approximate surface area is 130 Å². The van der Waals surface area contributed by atoms with Gasteiger partial charge in [0.25, 0.3) is 8.38 Å². The van der Waals surface area contributed by atoms with Crippen molar-refractivity contribution in [2.24, 2.45) is 0 Å². The lowest BCUT2D eigenvalue weighted by Crippen LogP contribution is -1.96. The molecule has 1 atom stereocenters. The zero-order chi connectivity index (χ0) is 14.7. The van der Waals surface area contributed by atoms with Gasteiger partial charge in [0.1, 0.15) is 11.5 Å². The Morgan fingerprint density at radius 1 is 0.900 bits per heavy atom. The SMILES string of the molecule is Cc1ccc(OP(C)Oc2ccc(Cl)cc2C)c(Cl)c1. The quantitative estimate of drug-likeness (QED) is 0.640. The molecule has 0 bridgehead atoms. The Balaban J connectivity index is 2.07. The summed E-state index contributed by atoms with van der Waals surface area (Å²) in [5, 5.41) is 1.29. The van der Waals surface area contributed by atoms with E-state index in [-0.39, 0.29) is 0 Å². The van der Waals surface area contributed by atoms with Crippen LogP contribution in [-0.4, -0.2) is 6.66 Å². The van der Waals surface area contributed by atoms with Crippen LogP contribution in [0.2, 0.25) is 10.0 Å². The predicted octanol–water partition coefficient (Wildman–Crippen LogP) is 6.01. The number of halogens is 2. The fraction of sp³-hybridized carbons (Fsp3) is 0.200. The van der Waals surface area contributed by atoms with Gasteiger partial charge < -0.3 is 9.05 Å². The molecule has 2 aromatic rings. The van der Waals surface area contributed by atoms with Crippen LogP contribution in [0.1, 0.15) is 11.1 Å². The molecule has 0 aliphatic rings. The van der Waals surface area contributed by atoms with Crippen molar-refractivity contribution in [2.75, 3.05) is 6.66 Å². The lowest BCUT2D eigenvalue weighted by Gasteiger charge is -2.17. The van der Waals surface area contributed by atoms with Crippen molar-refractivity contribution in [1.82, 2.24) is 0 Å². The first-order valence-corrected chi connectivity index (χ1v) is 8.46. The van der Waals surface area contributed by atoms with Gasteiger partial charge in [-0.3, -0.25) is 0 Å². The number of hydrogen-bond donors (Lipinski definition) is 0. The van der Waals surface area contributed by atoms with E-state index in [4.69, 9.17) is 32.2 Å². The Kier molecular flexibility index (Phi) is 5.15. The topological polar surface area (TPSA) is 18.5 Å². The summed E-state index contributed by atoms with van der Waals surface area (Å²) in [4.78, 5) is 0. The van der Waals surface area contributed by atoms with Gasteiger partial charge in [0, 0.05) is 11.7 Å². The number of rotatable bonds is 4. The standard InChI is InChI=1S/C15H15Cl2O2P/c1-10-4-6-15(13(17)8-10)19-20(3)18-14-7-5-12(16)9-11(14)2/h4-9H,1-3H3. The van der Waals surface area contributed by atoms with E-state index < -0.39 is 8.38 Å². The van der Waals surface area contributed by atoms with E-state index in [9.17, 15) is 0 Å². The Bertz CT molecular complexity index is 563. The molecule has 0 aliphatic carbocycles. The fourth-order valence-electron chi connectivity index (χ4n) is 1.69. The fourth-order valence-corrected chi connectivity index (χ4v) is 3.20. The second kappa shape index (κ2) is 6.67. The van der Waals surface area contributed by atoms with Gasteiger partial charge >= 0.3 is 0 Å². The summed E-state index contributed by atoms with van der Waals surface area (Å²) in [7, 11) is -1.11. The highest BCUT2D eigenvalue weighted by atomic mass is 35.5. The van der Waals surface area contributed by atoms with Gasteiger partial charge in [-0.1, -0.05) is 29.3 Å². The summed E-state index contributed by atoms with van der Waals surface area (Å²) >= 11 is 12.1. The van der Waals surface area contributed by atoms with Crippen molar-refractivity contribution in [3.63, 3.8) is 0 Å². The molecule has 0 N–H and O–H groups in total. The van der Waals surface area contributed by atoms with Crippen LogP contribution in [0.15, 0.2) is 36.4 Å². The average molecular weight is 329 g/mol. The van der Waals surface area contributed by atoms with Gasteiger partial charge in [-0.05, 0) is 55.3 Å². The van der Waals surface area contributed by atoms with Gasteiger partial charge in [0.15, 0.2) is 0 Å². The minimum Gasteiger partial charge on any atom is -0.438 e. The molecule has 0 radical (unpaired) electrons. The van der Waals surface area contributed by atoms with E-state index in [0.29, 0.717) is 15.8 Å². The monoisotopic (exact) mass is 328 g/mol. The minimum atomic E-state index is -1.11. The van der Waals surface area contributed by atoms with Crippen LogP contribution < -0.4 is 9.05 Å². The maximum absolute atomic E-state index is 6.14. The average Bonchev–Trinajstić information content (AvgIpc) is 2.36. The molecule has 0 aromatic heterocycles. The van der Waals surface area contributed by atoms with Crippen LogP contribution in [0.25, 0.3) is 0 Å². The van der Waals surface area contributed by atoms with Gasteiger partial charge in [-0.2, -0.15) is 0 Å². The maximum Gasteiger partial charge on any atom is 0.287 e. The second-order valence-electron chi connectivity index (χ2n) is 4.47. The van der Waals surface area contributed by atoms with Crippen LogP contribution in [0.5, 0.6) is 11.5 Å². The number of aryl methyl sites for hydroxylation is 2. The summed E-state index contributed by atoms with van der Waals surface area (Å²) in [5.41, 5.74) is 2.07. The van der Waals surface area contributed by atoms with E-state index in [1.807, 2.05) is 50.8 Å². The molecule has 0 aliphatic heterocycles. The van der Waals surface area contributed by atoms with Crippen molar-refractivity contribution < 1.29 is 9.05 Å². The third kappa shape index (κ3) is 4.02. The van der Waals surface area contributed by atoms with Crippen molar-refractivity contribution >= 4 is 31.6 Å². The van der Waals surface area contributed by atoms with E-state index in [0.717, 1.165) is 16.9 Å². The molecular formula is C15H15Cl2O2P. The van der Waals surface area contributed by atoms with E-state index in [2.05, 4.69) is 0 Å². The Hall–Kier alpha value is -0.950. The first kappa shape index (κ1) is 15.4. The molecule has 1 unspecified atom stereocenters. The van der Waals surface area contributed by atoms with Gasteiger partial charge in [0.2, 0.25) is 0 Å². The van der Waals surface area contributed by atoms with Gasteiger partial charge in [-0.15, -0.1) is 0 Å². The summed E-state index contributed by atoms with van der Waals surface area (Å²) in [6.07, 6.45) is 0. The summed E-state index contributed by atoms with van der Waals surface area (Å²) in [5.74, 6) is 1.41. The second-order valence-corrected chi connectivity index (χ2v) is 6.55. The van der Waals surface area contributed by atoms with Crippen LogP contribution in [0, 0.1) is 13.8 Å².